The second-order valence-electron chi connectivity index (χ2n) is 4.98. The SMILES string of the molecule is CNS(=O)(=O)c1cccc(C(=O)N[C@H](C)c2ccc(F)cc2)c1. The van der Waals surface area contributed by atoms with Crippen molar-refractivity contribution in [1.82, 2.24) is 10.0 Å². The van der Waals surface area contributed by atoms with E-state index in [1.54, 1.807) is 19.1 Å². The van der Waals surface area contributed by atoms with E-state index in [9.17, 15) is 17.6 Å². The van der Waals surface area contributed by atoms with E-state index in [-0.39, 0.29) is 22.3 Å². The molecule has 5 nitrogen and oxygen atoms in total. The van der Waals surface area contributed by atoms with Crippen molar-refractivity contribution in [3.8, 4) is 0 Å². The molecule has 0 aliphatic heterocycles. The average Bonchev–Trinajstić information content (AvgIpc) is 2.55. The quantitative estimate of drug-likeness (QED) is 0.879. The Morgan fingerprint density at radius 1 is 1.13 bits per heavy atom. The third-order valence-electron chi connectivity index (χ3n) is 3.39. The third-order valence-corrected chi connectivity index (χ3v) is 4.80. The van der Waals surface area contributed by atoms with Crippen LogP contribution in [0.5, 0.6) is 0 Å². The Balaban J connectivity index is 2.18. The van der Waals surface area contributed by atoms with Gasteiger partial charge in [-0.15, -0.1) is 0 Å². The number of sulfonamides is 1. The summed E-state index contributed by atoms with van der Waals surface area (Å²) >= 11 is 0. The number of benzene rings is 2. The first-order valence-corrected chi connectivity index (χ1v) is 8.42. The van der Waals surface area contributed by atoms with Crippen molar-refractivity contribution in [2.45, 2.75) is 17.9 Å². The molecule has 0 aliphatic rings. The summed E-state index contributed by atoms with van der Waals surface area (Å²) in [5.74, 6) is -0.757. The van der Waals surface area contributed by atoms with Crippen LogP contribution in [0.3, 0.4) is 0 Å². The van der Waals surface area contributed by atoms with Gasteiger partial charge >= 0.3 is 0 Å². The van der Waals surface area contributed by atoms with Gasteiger partial charge in [0, 0.05) is 5.56 Å². The largest absolute Gasteiger partial charge is 0.346 e. The normalized spacial score (nSPS) is 12.7. The number of carbonyl (C=O) groups is 1. The van der Waals surface area contributed by atoms with Crippen molar-refractivity contribution in [2.24, 2.45) is 0 Å². The standard InChI is InChI=1S/C16H17FN2O3S/c1-11(12-6-8-14(17)9-7-12)19-16(20)13-4-3-5-15(10-13)23(21,22)18-2/h3-11,18H,1-2H3,(H,19,20)/t11-/m1/s1. The smallest absolute Gasteiger partial charge is 0.251 e. The van der Waals surface area contributed by atoms with Crippen LogP contribution < -0.4 is 10.0 Å². The molecule has 2 rings (SSSR count). The zero-order chi connectivity index (χ0) is 17.0. The molecule has 2 aromatic carbocycles. The van der Waals surface area contributed by atoms with Gasteiger partial charge in [0.1, 0.15) is 5.82 Å². The maximum atomic E-state index is 12.9. The van der Waals surface area contributed by atoms with E-state index >= 15 is 0 Å². The third kappa shape index (κ3) is 4.14. The Hall–Kier alpha value is -2.25. The molecule has 23 heavy (non-hydrogen) atoms. The second kappa shape index (κ2) is 6.89. The number of nitrogens with one attached hydrogen (secondary N) is 2. The summed E-state index contributed by atoms with van der Waals surface area (Å²) in [5.41, 5.74) is 0.981. The summed E-state index contributed by atoms with van der Waals surface area (Å²) in [5, 5.41) is 2.75. The fourth-order valence-electron chi connectivity index (χ4n) is 2.04. The van der Waals surface area contributed by atoms with Crippen LogP contribution in [0.15, 0.2) is 53.4 Å². The molecule has 0 saturated heterocycles. The minimum Gasteiger partial charge on any atom is -0.346 e. The lowest BCUT2D eigenvalue weighted by Gasteiger charge is -2.14. The Morgan fingerprint density at radius 2 is 1.78 bits per heavy atom. The Labute approximate surface area is 134 Å². The molecule has 0 radical (unpaired) electrons. The van der Waals surface area contributed by atoms with Crippen molar-refractivity contribution in [3.63, 3.8) is 0 Å². The van der Waals surface area contributed by atoms with E-state index in [4.69, 9.17) is 0 Å². The molecule has 2 aromatic rings. The Bertz CT molecular complexity index is 804. The highest BCUT2D eigenvalue weighted by Gasteiger charge is 2.16. The summed E-state index contributed by atoms with van der Waals surface area (Å²) in [6.07, 6.45) is 0. The highest BCUT2D eigenvalue weighted by molar-refractivity contribution is 7.89. The number of hydrogen-bond acceptors (Lipinski definition) is 3. The lowest BCUT2D eigenvalue weighted by molar-refractivity contribution is 0.0939. The predicted octanol–water partition coefficient (Wildman–Crippen LogP) is 2.22. The van der Waals surface area contributed by atoms with E-state index in [1.165, 1.54) is 43.4 Å². The van der Waals surface area contributed by atoms with Crippen LogP contribution >= 0.6 is 0 Å². The molecule has 7 heteroatoms. The predicted molar refractivity (Wildman–Crippen MR) is 85.0 cm³/mol. The first kappa shape index (κ1) is 17.1. The van der Waals surface area contributed by atoms with Crippen molar-refractivity contribution in [1.29, 1.82) is 0 Å². The van der Waals surface area contributed by atoms with Crippen molar-refractivity contribution < 1.29 is 17.6 Å². The molecule has 2 N–H and O–H groups in total. The molecule has 0 spiro atoms. The summed E-state index contributed by atoms with van der Waals surface area (Å²) in [6, 6.07) is 11.2. The van der Waals surface area contributed by atoms with Gasteiger partial charge in [-0.2, -0.15) is 0 Å². The number of rotatable bonds is 5. The Kier molecular flexibility index (Phi) is 5.12. The molecule has 0 aliphatic carbocycles. The van der Waals surface area contributed by atoms with Crippen LogP contribution in [0, 0.1) is 5.82 Å². The first-order chi connectivity index (χ1) is 10.8. The van der Waals surface area contributed by atoms with Crippen LogP contribution in [-0.2, 0) is 10.0 Å². The monoisotopic (exact) mass is 336 g/mol. The lowest BCUT2D eigenvalue weighted by Crippen LogP contribution is -2.27. The molecule has 0 fully saturated rings. The van der Waals surface area contributed by atoms with Crippen LogP contribution in [0.4, 0.5) is 4.39 Å². The average molecular weight is 336 g/mol. The minimum absolute atomic E-state index is 0.0158. The van der Waals surface area contributed by atoms with Gasteiger partial charge in [0.25, 0.3) is 5.91 Å². The van der Waals surface area contributed by atoms with Gasteiger partial charge in [-0.25, -0.2) is 17.5 Å². The summed E-state index contributed by atoms with van der Waals surface area (Å²) < 4.78 is 38.7. The van der Waals surface area contributed by atoms with Gasteiger partial charge in [-0.3, -0.25) is 4.79 Å². The number of amides is 1. The van der Waals surface area contributed by atoms with E-state index in [0.29, 0.717) is 0 Å². The van der Waals surface area contributed by atoms with Gasteiger partial charge in [-0.1, -0.05) is 18.2 Å². The topological polar surface area (TPSA) is 75.3 Å². The summed E-state index contributed by atoms with van der Waals surface area (Å²) in [6.45, 7) is 1.76. The molecule has 1 amide bonds. The molecule has 0 saturated carbocycles. The molecule has 0 unspecified atom stereocenters. The first-order valence-electron chi connectivity index (χ1n) is 6.93. The van der Waals surface area contributed by atoms with E-state index in [2.05, 4.69) is 10.0 Å². The fourth-order valence-corrected chi connectivity index (χ4v) is 2.81. The molecule has 0 aromatic heterocycles. The van der Waals surface area contributed by atoms with E-state index in [0.717, 1.165) is 5.56 Å². The van der Waals surface area contributed by atoms with Crippen molar-refractivity contribution in [3.05, 3.63) is 65.5 Å². The van der Waals surface area contributed by atoms with Crippen molar-refractivity contribution >= 4 is 15.9 Å². The molecule has 0 heterocycles. The molecule has 1 atom stereocenters. The number of halogens is 1. The van der Waals surface area contributed by atoms with Gasteiger partial charge < -0.3 is 5.32 Å². The minimum atomic E-state index is -3.61. The molecule has 0 bridgehead atoms. The highest BCUT2D eigenvalue weighted by Crippen LogP contribution is 2.15. The second-order valence-corrected chi connectivity index (χ2v) is 6.87. The molecular weight excluding hydrogens is 319 g/mol. The van der Waals surface area contributed by atoms with Gasteiger partial charge in [0.05, 0.1) is 10.9 Å². The maximum absolute atomic E-state index is 12.9. The van der Waals surface area contributed by atoms with Crippen LogP contribution in [0.25, 0.3) is 0 Å². The van der Waals surface area contributed by atoms with E-state index in [1.807, 2.05) is 0 Å². The lowest BCUT2D eigenvalue weighted by atomic mass is 10.1. The maximum Gasteiger partial charge on any atom is 0.251 e. The van der Waals surface area contributed by atoms with Crippen molar-refractivity contribution in [2.75, 3.05) is 7.05 Å². The zero-order valence-corrected chi connectivity index (χ0v) is 13.5. The number of carbonyl (C=O) groups excluding carboxylic acids is 1. The highest BCUT2D eigenvalue weighted by atomic mass is 32.2. The summed E-state index contributed by atoms with van der Waals surface area (Å²) in [7, 11) is -2.31. The zero-order valence-electron chi connectivity index (χ0n) is 12.7. The van der Waals surface area contributed by atoms with Crippen LogP contribution in [0.1, 0.15) is 28.9 Å². The molecule has 122 valence electrons. The Morgan fingerprint density at radius 3 is 2.39 bits per heavy atom. The fraction of sp³-hybridized carbons (Fsp3) is 0.188. The van der Waals surface area contributed by atoms with Crippen LogP contribution in [0.2, 0.25) is 0 Å². The number of hydrogen-bond donors (Lipinski definition) is 2. The van der Waals surface area contributed by atoms with Crippen LogP contribution in [-0.4, -0.2) is 21.4 Å². The van der Waals surface area contributed by atoms with Gasteiger partial charge in [0.15, 0.2) is 0 Å². The van der Waals surface area contributed by atoms with Gasteiger partial charge in [0.2, 0.25) is 10.0 Å². The van der Waals surface area contributed by atoms with E-state index < -0.39 is 15.9 Å². The molecular formula is C16H17FN2O3S. The summed E-state index contributed by atoms with van der Waals surface area (Å²) in [4.78, 5) is 12.3. The van der Waals surface area contributed by atoms with Gasteiger partial charge in [-0.05, 0) is 49.9 Å².